The van der Waals surface area contributed by atoms with Crippen LogP contribution in [0.1, 0.15) is 23.7 Å². The Bertz CT molecular complexity index is 517. The van der Waals surface area contributed by atoms with Crippen molar-refractivity contribution in [2.24, 2.45) is 5.92 Å². The minimum absolute atomic E-state index is 0.0380. The second kappa shape index (κ2) is 4.42. The molecular weight excluding hydrogens is 244 g/mol. The van der Waals surface area contributed by atoms with Crippen LogP contribution in [0.25, 0.3) is 0 Å². The van der Waals surface area contributed by atoms with Gasteiger partial charge >= 0.3 is 0 Å². The summed E-state index contributed by atoms with van der Waals surface area (Å²) in [5, 5.41) is 22.4. The first kappa shape index (κ1) is 12.3. The number of nitrogens with one attached hydrogen (secondary N) is 1. The zero-order valence-electron chi connectivity index (χ0n) is 10.8. The summed E-state index contributed by atoms with van der Waals surface area (Å²) in [4.78, 5) is 14.5. The van der Waals surface area contributed by atoms with Crippen LogP contribution >= 0.6 is 0 Å². The predicted octanol–water partition coefficient (Wildman–Crippen LogP) is 0.920. The summed E-state index contributed by atoms with van der Waals surface area (Å²) in [5.74, 6) is 0.162. The number of rotatable bonds is 1. The Labute approximate surface area is 111 Å². The molecule has 19 heavy (non-hydrogen) atoms. The maximum absolute atomic E-state index is 12.6. The quantitative estimate of drug-likeness (QED) is 0.703. The number of hydrogen-bond acceptors (Lipinski definition) is 4. The molecule has 0 bridgehead atoms. The molecule has 2 saturated heterocycles. The molecule has 2 aliphatic heterocycles. The molecule has 1 aromatic rings. The molecule has 5 heteroatoms. The lowest BCUT2D eigenvalue weighted by molar-refractivity contribution is 0.0679. The van der Waals surface area contributed by atoms with Crippen molar-refractivity contribution in [1.82, 2.24) is 10.2 Å². The first-order valence-electron chi connectivity index (χ1n) is 6.63. The predicted molar refractivity (Wildman–Crippen MR) is 70.2 cm³/mol. The fourth-order valence-corrected chi connectivity index (χ4v) is 3.35. The summed E-state index contributed by atoms with van der Waals surface area (Å²) in [5.41, 5.74) is 0.261. The van der Waals surface area contributed by atoms with Crippen molar-refractivity contribution in [3.63, 3.8) is 0 Å². The highest BCUT2D eigenvalue weighted by molar-refractivity contribution is 5.97. The molecule has 1 amide bonds. The van der Waals surface area contributed by atoms with Crippen LogP contribution in [0.4, 0.5) is 0 Å². The van der Waals surface area contributed by atoms with E-state index in [1.165, 1.54) is 18.2 Å². The molecule has 0 spiro atoms. The van der Waals surface area contributed by atoms with Gasteiger partial charge < -0.3 is 20.4 Å². The number of phenols is 2. The van der Waals surface area contributed by atoms with Gasteiger partial charge in [0.25, 0.3) is 5.91 Å². The molecular formula is C14H18N2O3. The van der Waals surface area contributed by atoms with Gasteiger partial charge in [-0.05, 0) is 31.4 Å². The van der Waals surface area contributed by atoms with Gasteiger partial charge in [-0.3, -0.25) is 4.79 Å². The van der Waals surface area contributed by atoms with Crippen LogP contribution in [0.15, 0.2) is 18.2 Å². The van der Waals surface area contributed by atoms with Crippen molar-refractivity contribution in [2.45, 2.75) is 25.4 Å². The maximum Gasteiger partial charge on any atom is 0.258 e. The minimum atomic E-state index is -0.161. The number of likely N-dealkylation sites (tertiary alicyclic amines) is 1. The van der Waals surface area contributed by atoms with Gasteiger partial charge in [-0.15, -0.1) is 0 Å². The number of aromatic hydroxyl groups is 2. The molecule has 2 fully saturated rings. The first-order chi connectivity index (χ1) is 9.08. The molecule has 5 nitrogen and oxygen atoms in total. The van der Waals surface area contributed by atoms with E-state index in [0.29, 0.717) is 5.92 Å². The van der Waals surface area contributed by atoms with Gasteiger partial charge in [0.15, 0.2) is 0 Å². The van der Waals surface area contributed by atoms with E-state index in [1.807, 2.05) is 11.8 Å². The zero-order valence-corrected chi connectivity index (χ0v) is 10.8. The normalized spacial score (nSPS) is 29.5. The molecule has 0 aromatic heterocycles. The summed E-state index contributed by atoms with van der Waals surface area (Å²) < 4.78 is 0. The lowest BCUT2D eigenvalue weighted by Crippen LogP contribution is -2.42. The van der Waals surface area contributed by atoms with Gasteiger partial charge in [0, 0.05) is 31.2 Å². The van der Waals surface area contributed by atoms with E-state index >= 15 is 0 Å². The topological polar surface area (TPSA) is 72.8 Å². The Kier molecular flexibility index (Phi) is 2.86. The molecule has 0 aliphatic carbocycles. The Balaban J connectivity index is 1.90. The number of fused-ring (bicyclic) bond motifs is 1. The summed E-state index contributed by atoms with van der Waals surface area (Å²) >= 11 is 0. The number of nitrogens with zero attached hydrogens (tertiary/aromatic N) is 1. The fourth-order valence-electron chi connectivity index (χ4n) is 3.35. The second-order valence-corrected chi connectivity index (χ2v) is 5.48. The Morgan fingerprint density at radius 2 is 2.16 bits per heavy atom. The van der Waals surface area contributed by atoms with Gasteiger partial charge in [-0.25, -0.2) is 0 Å². The third-order valence-electron chi connectivity index (χ3n) is 4.23. The first-order valence-corrected chi connectivity index (χ1v) is 6.63. The van der Waals surface area contributed by atoms with Crippen molar-refractivity contribution >= 4 is 5.91 Å². The fraction of sp³-hybridized carbons (Fsp3) is 0.500. The largest absolute Gasteiger partial charge is 0.508 e. The van der Waals surface area contributed by atoms with E-state index in [1.54, 1.807) is 0 Å². The smallest absolute Gasteiger partial charge is 0.258 e. The van der Waals surface area contributed by atoms with Crippen molar-refractivity contribution < 1.29 is 15.0 Å². The van der Waals surface area contributed by atoms with Crippen molar-refractivity contribution in [3.05, 3.63) is 23.8 Å². The zero-order chi connectivity index (χ0) is 13.6. The van der Waals surface area contributed by atoms with E-state index in [9.17, 15) is 15.0 Å². The van der Waals surface area contributed by atoms with Crippen LogP contribution in [0, 0.1) is 5.92 Å². The molecule has 0 saturated carbocycles. The number of carbonyl (C=O) groups is 1. The van der Waals surface area contributed by atoms with E-state index in [2.05, 4.69) is 5.32 Å². The highest BCUT2D eigenvalue weighted by Gasteiger charge is 2.44. The van der Waals surface area contributed by atoms with Gasteiger partial charge in [-0.2, -0.15) is 0 Å². The van der Waals surface area contributed by atoms with Crippen LogP contribution in [-0.4, -0.2) is 46.2 Å². The summed E-state index contributed by atoms with van der Waals surface area (Å²) in [6.07, 6.45) is 1.00. The number of amides is 1. The molecule has 3 unspecified atom stereocenters. The van der Waals surface area contributed by atoms with Crippen LogP contribution in [0.3, 0.4) is 0 Å². The summed E-state index contributed by atoms with van der Waals surface area (Å²) in [6.45, 7) is 3.83. The highest BCUT2D eigenvalue weighted by atomic mass is 16.3. The van der Waals surface area contributed by atoms with Crippen LogP contribution in [0.2, 0.25) is 0 Å². The third-order valence-corrected chi connectivity index (χ3v) is 4.23. The highest BCUT2D eigenvalue weighted by Crippen LogP contribution is 2.35. The summed E-state index contributed by atoms with van der Waals surface area (Å²) in [7, 11) is 0. The number of hydrogen-bond donors (Lipinski definition) is 3. The second-order valence-electron chi connectivity index (χ2n) is 5.48. The average molecular weight is 262 g/mol. The van der Waals surface area contributed by atoms with E-state index in [-0.39, 0.29) is 35.1 Å². The molecule has 3 atom stereocenters. The number of phenolic OH excluding ortho intramolecular Hbond substituents is 2. The number of benzene rings is 1. The van der Waals surface area contributed by atoms with Gasteiger partial charge in [0.05, 0.1) is 5.56 Å². The van der Waals surface area contributed by atoms with Gasteiger partial charge in [0.2, 0.25) is 0 Å². The Morgan fingerprint density at radius 1 is 1.37 bits per heavy atom. The lowest BCUT2D eigenvalue weighted by Gasteiger charge is -2.28. The maximum atomic E-state index is 12.6. The van der Waals surface area contributed by atoms with Crippen molar-refractivity contribution in [1.29, 1.82) is 0 Å². The third kappa shape index (κ3) is 1.94. The standard InChI is InChI=1S/C14H18N2O3/c1-8-4-9-6-15-7-12(9)16(8)14(19)11-3-2-10(17)5-13(11)18/h2-3,5,8-9,12,15,17-18H,4,6-7H2,1H3. The molecule has 102 valence electrons. The summed E-state index contributed by atoms with van der Waals surface area (Å²) in [6, 6.07) is 4.53. The average Bonchev–Trinajstić information content (AvgIpc) is 2.87. The van der Waals surface area contributed by atoms with E-state index in [0.717, 1.165) is 19.5 Å². The Hall–Kier alpha value is -1.75. The van der Waals surface area contributed by atoms with E-state index < -0.39 is 0 Å². The van der Waals surface area contributed by atoms with Crippen LogP contribution in [0.5, 0.6) is 11.5 Å². The van der Waals surface area contributed by atoms with Gasteiger partial charge in [-0.1, -0.05) is 0 Å². The molecule has 3 rings (SSSR count). The molecule has 2 aliphatic rings. The Morgan fingerprint density at radius 3 is 2.89 bits per heavy atom. The molecule has 0 radical (unpaired) electrons. The van der Waals surface area contributed by atoms with E-state index in [4.69, 9.17) is 0 Å². The van der Waals surface area contributed by atoms with Crippen LogP contribution in [-0.2, 0) is 0 Å². The van der Waals surface area contributed by atoms with Crippen molar-refractivity contribution in [2.75, 3.05) is 13.1 Å². The monoisotopic (exact) mass is 262 g/mol. The molecule has 1 aromatic carbocycles. The molecule has 3 N–H and O–H groups in total. The van der Waals surface area contributed by atoms with Crippen LogP contribution < -0.4 is 5.32 Å². The molecule has 2 heterocycles. The van der Waals surface area contributed by atoms with Crippen molar-refractivity contribution in [3.8, 4) is 11.5 Å². The minimum Gasteiger partial charge on any atom is -0.508 e. The number of carbonyl (C=O) groups excluding carboxylic acids is 1. The SMILES string of the molecule is CC1CC2CNCC2N1C(=O)c1ccc(O)cc1O. The van der Waals surface area contributed by atoms with Gasteiger partial charge in [0.1, 0.15) is 11.5 Å². The lowest BCUT2D eigenvalue weighted by atomic mass is 10.0.